The van der Waals surface area contributed by atoms with Gasteiger partial charge in [0.15, 0.2) is 5.69 Å². The van der Waals surface area contributed by atoms with Gasteiger partial charge in [-0.25, -0.2) is 14.0 Å². The highest BCUT2D eigenvalue weighted by atomic mass is 19.4. The minimum Gasteiger partial charge on any atom is -0.476 e. The molecule has 3 aromatic heterocycles. The van der Waals surface area contributed by atoms with Gasteiger partial charge in [-0.2, -0.15) is 18.3 Å². The van der Waals surface area contributed by atoms with Gasteiger partial charge in [-0.05, 0) is 42.5 Å². The first kappa shape index (κ1) is 15.6. The van der Waals surface area contributed by atoms with Gasteiger partial charge in [0.05, 0.1) is 24.0 Å². The molecule has 0 saturated heterocycles. The number of halogens is 3. The van der Waals surface area contributed by atoms with Crippen LogP contribution in [0.5, 0.6) is 0 Å². The van der Waals surface area contributed by atoms with Crippen molar-refractivity contribution in [3.05, 3.63) is 47.0 Å². The standard InChI is InChI=1S/C15H12F3N5O2/c16-15(17,18)13-4-9(8-1-2-8)3-11-5-10(20-23(11)13)6-22-7-12(14(24)25)19-21-22/h3-5,7-8H,1-2,6H2,(H,24,25). The summed E-state index contributed by atoms with van der Waals surface area (Å²) in [5, 5.41) is 20.0. The monoisotopic (exact) mass is 351 g/mol. The number of carbonyl (C=O) groups is 1. The molecule has 130 valence electrons. The van der Waals surface area contributed by atoms with Gasteiger partial charge < -0.3 is 5.11 Å². The predicted octanol–water partition coefficient (Wildman–Crippen LogP) is 2.57. The Morgan fingerprint density at radius 1 is 1.28 bits per heavy atom. The van der Waals surface area contributed by atoms with Gasteiger partial charge in [0.25, 0.3) is 0 Å². The minimum absolute atomic E-state index is 0.0258. The molecule has 3 heterocycles. The zero-order valence-corrected chi connectivity index (χ0v) is 12.7. The van der Waals surface area contributed by atoms with E-state index in [4.69, 9.17) is 5.11 Å². The van der Waals surface area contributed by atoms with E-state index in [1.165, 1.54) is 10.9 Å². The highest BCUT2D eigenvalue weighted by Crippen LogP contribution is 2.42. The van der Waals surface area contributed by atoms with Crippen LogP contribution in [-0.2, 0) is 12.7 Å². The Hall–Kier alpha value is -2.91. The van der Waals surface area contributed by atoms with Crippen LogP contribution in [0.2, 0.25) is 0 Å². The van der Waals surface area contributed by atoms with E-state index in [0.717, 1.165) is 23.4 Å². The Kier molecular flexibility index (Phi) is 3.31. The van der Waals surface area contributed by atoms with Crippen molar-refractivity contribution < 1.29 is 23.1 Å². The Morgan fingerprint density at radius 3 is 2.64 bits per heavy atom. The van der Waals surface area contributed by atoms with Crippen molar-refractivity contribution in [1.29, 1.82) is 0 Å². The molecule has 0 amide bonds. The molecule has 1 aliphatic rings. The van der Waals surface area contributed by atoms with Crippen LogP contribution < -0.4 is 0 Å². The zero-order valence-electron chi connectivity index (χ0n) is 12.7. The Labute approximate surface area is 138 Å². The topological polar surface area (TPSA) is 85.3 Å². The molecule has 0 atom stereocenters. The van der Waals surface area contributed by atoms with Crippen LogP contribution >= 0.6 is 0 Å². The first-order valence-electron chi connectivity index (χ1n) is 7.54. The molecule has 7 nitrogen and oxygen atoms in total. The molecule has 0 bridgehead atoms. The van der Waals surface area contributed by atoms with Gasteiger partial charge in [0.1, 0.15) is 5.69 Å². The fraction of sp³-hybridized carbons (Fsp3) is 0.333. The summed E-state index contributed by atoms with van der Waals surface area (Å²) in [5.41, 5.74) is 0.296. The Balaban J connectivity index is 1.74. The zero-order chi connectivity index (χ0) is 17.8. The molecule has 0 unspecified atom stereocenters. The molecule has 1 aliphatic carbocycles. The largest absolute Gasteiger partial charge is 0.476 e. The van der Waals surface area contributed by atoms with Crippen molar-refractivity contribution in [2.45, 2.75) is 31.5 Å². The van der Waals surface area contributed by atoms with Crippen LogP contribution in [0.4, 0.5) is 13.2 Å². The second-order valence-corrected chi connectivity index (χ2v) is 6.02. The maximum Gasteiger partial charge on any atom is 0.433 e. The van der Waals surface area contributed by atoms with Gasteiger partial charge in [0, 0.05) is 0 Å². The average molecular weight is 351 g/mol. The minimum atomic E-state index is -4.52. The molecule has 1 saturated carbocycles. The smallest absolute Gasteiger partial charge is 0.433 e. The third kappa shape index (κ3) is 2.94. The van der Waals surface area contributed by atoms with E-state index < -0.39 is 17.8 Å². The highest BCUT2D eigenvalue weighted by Gasteiger charge is 2.36. The van der Waals surface area contributed by atoms with E-state index in [9.17, 15) is 18.0 Å². The summed E-state index contributed by atoms with van der Waals surface area (Å²) in [7, 11) is 0. The fourth-order valence-corrected chi connectivity index (χ4v) is 2.75. The summed E-state index contributed by atoms with van der Waals surface area (Å²) < 4.78 is 42.2. The van der Waals surface area contributed by atoms with E-state index in [2.05, 4.69) is 15.4 Å². The number of hydrogen-bond acceptors (Lipinski definition) is 4. The third-order valence-corrected chi connectivity index (χ3v) is 4.05. The number of aromatic carboxylic acids is 1. The fourth-order valence-electron chi connectivity index (χ4n) is 2.75. The molecule has 3 aromatic rings. The van der Waals surface area contributed by atoms with Crippen LogP contribution in [0, 0.1) is 0 Å². The van der Waals surface area contributed by atoms with E-state index in [1.54, 1.807) is 12.1 Å². The molecule has 10 heteroatoms. The quantitative estimate of drug-likeness (QED) is 0.781. The lowest BCUT2D eigenvalue weighted by atomic mass is 10.1. The van der Waals surface area contributed by atoms with Gasteiger partial charge >= 0.3 is 12.1 Å². The summed E-state index contributed by atoms with van der Waals surface area (Å²) >= 11 is 0. The summed E-state index contributed by atoms with van der Waals surface area (Å²) in [6, 6.07) is 4.41. The summed E-state index contributed by atoms with van der Waals surface area (Å²) in [5.74, 6) is -1.05. The Bertz CT molecular complexity index is 971. The van der Waals surface area contributed by atoms with Gasteiger partial charge in [0.2, 0.25) is 0 Å². The number of hydrogen-bond donors (Lipinski definition) is 1. The number of fused-ring (bicyclic) bond motifs is 1. The van der Waals surface area contributed by atoms with Gasteiger partial charge in [-0.15, -0.1) is 5.10 Å². The van der Waals surface area contributed by atoms with Crippen molar-refractivity contribution in [2.24, 2.45) is 0 Å². The second-order valence-electron chi connectivity index (χ2n) is 6.02. The maximum absolute atomic E-state index is 13.4. The number of carboxylic acid groups (broad SMARTS) is 1. The first-order chi connectivity index (χ1) is 11.8. The molecule has 0 radical (unpaired) electrons. The lowest BCUT2D eigenvalue weighted by Crippen LogP contribution is -2.13. The van der Waals surface area contributed by atoms with Gasteiger partial charge in [-0.3, -0.25) is 0 Å². The summed E-state index contributed by atoms with van der Waals surface area (Å²) in [4.78, 5) is 10.8. The van der Waals surface area contributed by atoms with E-state index in [-0.39, 0.29) is 18.2 Å². The molecular formula is C15H12F3N5O2. The SMILES string of the molecule is O=C(O)c1cn(Cc2cc3cc(C4CC4)cc(C(F)(F)F)n3n2)nn1. The average Bonchev–Trinajstić information content (AvgIpc) is 3.13. The van der Waals surface area contributed by atoms with Crippen molar-refractivity contribution in [1.82, 2.24) is 24.6 Å². The highest BCUT2D eigenvalue weighted by molar-refractivity contribution is 5.84. The molecular weight excluding hydrogens is 339 g/mol. The maximum atomic E-state index is 13.4. The van der Waals surface area contributed by atoms with Crippen molar-refractivity contribution in [3.8, 4) is 0 Å². The van der Waals surface area contributed by atoms with Crippen molar-refractivity contribution in [3.63, 3.8) is 0 Å². The third-order valence-electron chi connectivity index (χ3n) is 4.05. The number of carboxylic acids is 1. The van der Waals surface area contributed by atoms with Crippen LogP contribution in [0.1, 0.15) is 46.2 Å². The number of alkyl halides is 3. The van der Waals surface area contributed by atoms with Crippen molar-refractivity contribution >= 4 is 11.5 Å². The van der Waals surface area contributed by atoms with Gasteiger partial charge in [-0.1, -0.05) is 5.21 Å². The summed E-state index contributed by atoms with van der Waals surface area (Å²) in [6.45, 7) is 0.0258. The number of rotatable bonds is 4. The summed E-state index contributed by atoms with van der Waals surface area (Å²) in [6.07, 6.45) is -1.53. The molecule has 1 fully saturated rings. The van der Waals surface area contributed by atoms with Crippen LogP contribution in [-0.4, -0.2) is 35.7 Å². The van der Waals surface area contributed by atoms with E-state index >= 15 is 0 Å². The van der Waals surface area contributed by atoms with Crippen LogP contribution in [0.3, 0.4) is 0 Å². The molecule has 4 rings (SSSR count). The van der Waals surface area contributed by atoms with Crippen molar-refractivity contribution in [2.75, 3.05) is 0 Å². The number of nitrogens with zero attached hydrogens (tertiary/aromatic N) is 5. The second kappa shape index (κ2) is 5.30. The molecule has 0 spiro atoms. The number of pyridine rings is 1. The lowest BCUT2D eigenvalue weighted by Gasteiger charge is -2.11. The normalized spacial score (nSPS) is 15.0. The predicted molar refractivity (Wildman–Crippen MR) is 78.3 cm³/mol. The van der Waals surface area contributed by atoms with Crippen LogP contribution in [0.15, 0.2) is 24.4 Å². The number of aromatic nitrogens is 5. The molecule has 25 heavy (non-hydrogen) atoms. The van der Waals surface area contributed by atoms with E-state index in [0.29, 0.717) is 16.8 Å². The van der Waals surface area contributed by atoms with Crippen LogP contribution in [0.25, 0.3) is 5.52 Å². The molecule has 1 N–H and O–H groups in total. The Morgan fingerprint density at radius 2 is 2.04 bits per heavy atom. The molecule has 0 aromatic carbocycles. The first-order valence-corrected chi connectivity index (χ1v) is 7.54. The molecule has 0 aliphatic heterocycles. The van der Waals surface area contributed by atoms with E-state index in [1.807, 2.05) is 0 Å². The lowest BCUT2D eigenvalue weighted by molar-refractivity contribution is -0.142.